The third kappa shape index (κ3) is 4.35. The molecule has 2 aromatic carbocycles. The molecule has 1 saturated heterocycles. The first kappa shape index (κ1) is 22.6. The van der Waals surface area contributed by atoms with Crippen molar-refractivity contribution < 1.29 is 29.0 Å². The van der Waals surface area contributed by atoms with Crippen LogP contribution < -0.4 is 5.32 Å². The van der Waals surface area contributed by atoms with Gasteiger partial charge in [0.2, 0.25) is 0 Å². The SMILES string of the molecule is Cn1ncc(C(=O)N2CC(OCC(=O)O)C2)c1NC(=O)OCC1c2ccccc2-c2ccccc21. The molecule has 0 bridgehead atoms. The highest BCUT2D eigenvalue weighted by molar-refractivity contribution is 6.02. The molecule has 0 unspecified atom stereocenters. The van der Waals surface area contributed by atoms with Crippen LogP contribution in [-0.4, -0.2) is 70.2 Å². The second-order valence-electron chi connectivity index (χ2n) is 8.52. The summed E-state index contributed by atoms with van der Waals surface area (Å²) >= 11 is 0. The summed E-state index contributed by atoms with van der Waals surface area (Å²) in [6, 6.07) is 16.1. The summed E-state index contributed by atoms with van der Waals surface area (Å²) in [5, 5.41) is 15.4. The highest BCUT2D eigenvalue weighted by Gasteiger charge is 2.35. The molecule has 1 aliphatic carbocycles. The van der Waals surface area contributed by atoms with Gasteiger partial charge in [-0.05, 0) is 22.3 Å². The van der Waals surface area contributed by atoms with Crippen LogP contribution in [0.25, 0.3) is 11.1 Å². The molecule has 1 aliphatic heterocycles. The third-order valence-electron chi connectivity index (χ3n) is 6.31. The van der Waals surface area contributed by atoms with Crippen LogP contribution in [0.4, 0.5) is 10.6 Å². The Kier molecular flexibility index (Phi) is 5.96. The predicted octanol–water partition coefficient (Wildman–Crippen LogP) is 2.71. The first-order valence-electron chi connectivity index (χ1n) is 11.2. The van der Waals surface area contributed by atoms with Crippen LogP contribution in [0.3, 0.4) is 0 Å². The highest BCUT2D eigenvalue weighted by atomic mass is 16.5. The van der Waals surface area contributed by atoms with E-state index in [-0.39, 0.29) is 49.0 Å². The third-order valence-corrected chi connectivity index (χ3v) is 6.31. The molecule has 5 rings (SSSR count). The topological polar surface area (TPSA) is 123 Å². The summed E-state index contributed by atoms with van der Waals surface area (Å²) in [6.07, 6.45) is 0.369. The number of nitrogens with one attached hydrogen (secondary N) is 1. The van der Waals surface area contributed by atoms with Gasteiger partial charge in [0.25, 0.3) is 5.91 Å². The molecule has 3 aromatic rings. The van der Waals surface area contributed by atoms with Gasteiger partial charge in [0.05, 0.1) is 12.3 Å². The zero-order valence-electron chi connectivity index (χ0n) is 19.0. The molecule has 10 nitrogen and oxygen atoms in total. The molecule has 10 heteroatoms. The lowest BCUT2D eigenvalue weighted by atomic mass is 9.98. The van der Waals surface area contributed by atoms with Crippen LogP contribution in [0.15, 0.2) is 54.7 Å². The fourth-order valence-corrected chi connectivity index (χ4v) is 4.54. The van der Waals surface area contributed by atoms with Crippen LogP contribution in [0, 0.1) is 0 Å². The van der Waals surface area contributed by atoms with Crippen LogP contribution in [0.1, 0.15) is 27.4 Å². The van der Waals surface area contributed by atoms with Gasteiger partial charge in [-0.2, -0.15) is 5.10 Å². The van der Waals surface area contributed by atoms with Gasteiger partial charge in [-0.3, -0.25) is 14.8 Å². The Morgan fingerprint density at radius 2 is 1.69 bits per heavy atom. The van der Waals surface area contributed by atoms with Crippen molar-refractivity contribution in [2.75, 3.05) is 31.6 Å². The number of carboxylic acid groups (broad SMARTS) is 1. The first-order valence-corrected chi connectivity index (χ1v) is 11.2. The number of carboxylic acids is 1. The van der Waals surface area contributed by atoms with Crippen molar-refractivity contribution in [3.05, 3.63) is 71.4 Å². The zero-order chi connectivity index (χ0) is 24.5. The van der Waals surface area contributed by atoms with Crippen LogP contribution in [-0.2, 0) is 21.3 Å². The number of aliphatic carboxylic acids is 1. The maximum atomic E-state index is 12.9. The van der Waals surface area contributed by atoms with Crippen molar-refractivity contribution in [2.24, 2.45) is 7.05 Å². The number of likely N-dealkylation sites (tertiary alicyclic amines) is 1. The molecule has 0 saturated carbocycles. The number of carbonyl (C=O) groups is 3. The molecule has 1 aromatic heterocycles. The van der Waals surface area contributed by atoms with E-state index >= 15 is 0 Å². The van der Waals surface area contributed by atoms with E-state index in [1.165, 1.54) is 15.8 Å². The average molecular weight is 476 g/mol. The number of rotatable bonds is 7. The monoisotopic (exact) mass is 476 g/mol. The predicted molar refractivity (Wildman–Crippen MR) is 125 cm³/mol. The molecular weight excluding hydrogens is 452 g/mol. The summed E-state index contributed by atoms with van der Waals surface area (Å²) in [4.78, 5) is 37.7. The summed E-state index contributed by atoms with van der Waals surface area (Å²) < 4.78 is 12.2. The number of aryl methyl sites for hydroxylation is 1. The van der Waals surface area contributed by atoms with Crippen molar-refractivity contribution >= 4 is 23.8 Å². The van der Waals surface area contributed by atoms with Crippen molar-refractivity contribution in [1.82, 2.24) is 14.7 Å². The summed E-state index contributed by atoms with van der Waals surface area (Å²) in [5.74, 6) is -1.24. The van der Waals surface area contributed by atoms with Gasteiger partial charge >= 0.3 is 12.1 Å². The Labute approximate surface area is 201 Å². The summed E-state index contributed by atoms with van der Waals surface area (Å²) in [6.45, 7) is 0.278. The molecule has 2 amide bonds. The summed E-state index contributed by atoms with van der Waals surface area (Å²) in [5.41, 5.74) is 4.71. The molecule has 0 atom stereocenters. The van der Waals surface area contributed by atoms with E-state index < -0.39 is 18.7 Å². The Morgan fingerprint density at radius 1 is 1.06 bits per heavy atom. The molecule has 0 radical (unpaired) electrons. The molecule has 1 fully saturated rings. The molecule has 2 heterocycles. The Morgan fingerprint density at radius 3 is 2.31 bits per heavy atom. The normalized spacial score (nSPS) is 14.7. The van der Waals surface area contributed by atoms with E-state index in [0.29, 0.717) is 0 Å². The quantitative estimate of drug-likeness (QED) is 0.537. The number of aromatic nitrogens is 2. The maximum Gasteiger partial charge on any atom is 0.412 e. The lowest BCUT2D eigenvalue weighted by Crippen LogP contribution is -2.55. The van der Waals surface area contributed by atoms with Gasteiger partial charge in [-0.1, -0.05) is 48.5 Å². The largest absolute Gasteiger partial charge is 0.480 e. The number of anilines is 1. The Balaban J connectivity index is 1.22. The minimum absolute atomic E-state index is 0.0791. The van der Waals surface area contributed by atoms with Crippen molar-refractivity contribution in [1.29, 1.82) is 0 Å². The van der Waals surface area contributed by atoms with E-state index in [1.807, 2.05) is 36.4 Å². The van der Waals surface area contributed by atoms with Crippen molar-refractivity contribution in [3.8, 4) is 11.1 Å². The number of hydrogen-bond acceptors (Lipinski definition) is 6. The number of amides is 2. The molecule has 0 spiro atoms. The minimum Gasteiger partial charge on any atom is -0.480 e. The number of ether oxygens (including phenoxy) is 2. The molecule has 180 valence electrons. The van der Waals surface area contributed by atoms with Gasteiger partial charge in [0.15, 0.2) is 0 Å². The maximum absolute atomic E-state index is 12.9. The Bertz CT molecular complexity index is 1250. The van der Waals surface area contributed by atoms with Gasteiger partial charge < -0.3 is 19.5 Å². The second kappa shape index (κ2) is 9.22. The van der Waals surface area contributed by atoms with E-state index in [9.17, 15) is 14.4 Å². The second-order valence-corrected chi connectivity index (χ2v) is 8.52. The van der Waals surface area contributed by atoms with E-state index in [4.69, 9.17) is 14.6 Å². The van der Waals surface area contributed by atoms with E-state index in [0.717, 1.165) is 22.3 Å². The van der Waals surface area contributed by atoms with Gasteiger partial charge in [-0.25, -0.2) is 9.59 Å². The van der Waals surface area contributed by atoms with Gasteiger partial charge in [0.1, 0.15) is 24.6 Å². The molecule has 2 N–H and O–H groups in total. The number of fused-ring (bicyclic) bond motifs is 3. The highest BCUT2D eigenvalue weighted by Crippen LogP contribution is 2.44. The van der Waals surface area contributed by atoms with Crippen LogP contribution >= 0.6 is 0 Å². The smallest absolute Gasteiger partial charge is 0.412 e. The van der Waals surface area contributed by atoms with E-state index in [2.05, 4.69) is 22.5 Å². The fraction of sp³-hybridized carbons (Fsp3) is 0.280. The standard InChI is InChI=1S/C25H24N4O6/c1-28-23(20(10-26-28)24(32)29-11-15(12-29)34-14-22(30)31)27-25(33)35-13-21-18-8-4-2-6-16(18)17-7-3-5-9-19(17)21/h2-10,15,21H,11-14H2,1H3,(H,27,33)(H,30,31). The minimum atomic E-state index is -1.06. The number of carbonyl (C=O) groups excluding carboxylic acids is 2. The molecule has 2 aliphatic rings. The molecule has 35 heavy (non-hydrogen) atoms. The number of nitrogens with zero attached hydrogens (tertiary/aromatic N) is 3. The fourth-order valence-electron chi connectivity index (χ4n) is 4.54. The van der Waals surface area contributed by atoms with Gasteiger partial charge in [-0.15, -0.1) is 0 Å². The van der Waals surface area contributed by atoms with E-state index in [1.54, 1.807) is 7.05 Å². The Hall–Kier alpha value is -4.18. The van der Waals surface area contributed by atoms with Gasteiger partial charge in [0, 0.05) is 26.1 Å². The zero-order valence-corrected chi connectivity index (χ0v) is 19.0. The average Bonchev–Trinajstić information content (AvgIpc) is 3.34. The van der Waals surface area contributed by atoms with Crippen LogP contribution in [0.5, 0.6) is 0 Å². The van der Waals surface area contributed by atoms with Crippen molar-refractivity contribution in [2.45, 2.75) is 12.0 Å². The number of benzene rings is 2. The lowest BCUT2D eigenvalue weighted by molar-refractivity contribution is -0.147. The van der Waals surface area contributed by atoms with Crippen molar-refractivity contribution in [3.63, 3.8) is 0 Å². The number of hydrogen-bond donors (Lipinski definition) is 2. The summed E-state index contributed by atoms with van der Waals surface area (Å²) in [7, 11) is 1.62. The van der Waals surface area contributed by atoms with Crippen LogP contribution in [0.2, 0.25) is 0 Å². The first-order chi connectivity index (χ1) is 16.9. The molecular formula is C25H24N4O6. The lowest BCUT2D eigenvalue weighted by Gasteiger charge is -2.38.